The van der Waals surface area contributed by atoms with E-state index in [1.54, 1.807) is 11.8 Å². The number of carboxylic acids is 1. The average Bonchev–Trinajstić information content (AvgIpc) is 2.54. The molecule has 1 saturated heterocycles. The van der Waals surface area contributed by atoms with E-state index in [1.165, 1.54) is 0 Å². The van der Waals surface area contributed by atoms with Gasteiger partial charge in [0.15, 0.2) is 0 Å². The van der Waals surface area contributed by atoms with Gasteiger partial charge < -0.3 is 20.4 Å². The number of amides is 2. The van der Waals surface area contributed by atoms with Gasteiger partial charge in [0.25, 0.3) is 0 Å². The molecule has 0 bridgehead atoms. The highest BCUT2D eigenvalue weighted by molar-refractivity contribution is 5.76. The smallest absolute Gasteiger partial charge is 0.317 e. The Kier molecular flexibility index (Phi) is 6.45. The second-order valence-electron chi connectivity index (χ2n) is 6.69. The molecule has 0 saturated carbocycles. The van der Waals surface area contributed by atoms with Crippen LogP contribution in [-0.4, -0.2) is 52.3 Å². The summed E-state index contributed by atoms with van der Waals surface area (Å²) in [5.41, 5.74) is -0.712. The van der Waals surface area contributed by atoms with Gasteiger partial charge in [0.2, 0.25) is 0 Å². The van der Waals surface area contributed by atoms with E-state index in [0.29, 0.717) is 32.4 Å². The number of nitrogens with zero attached hydrogens (tertiary/aromatic N) is 1. The van der Waals surface area contributed by atoms with Crippen LogP contribution in [0.15, 0.2) is 0 Å². The Morgan fingerprint density at radius 3 is 2.52 bits per heavy atom. The summed E-state index contributed by atoms with van der Waals surface area (Å²) in [5, 5.41) is 21.9. The number of rotatable bonds is 5. The van der Waals surface area contributed by atoms with Crippen molar-refractivity contribution in [2.24, 2.45) is 11.8 Å². The van der Waals surface area contributed by atoms with Crippen molar-refractivity contribution in [2.45, 2.75) is 52.1 Å². The summed E-state index contributed by atoms with van der Waals surface area (Å²) in [5.74, 6) is -1.15. The summed E-state index contributed by atoms with van der Waals surface area (Å²) in [4.78, 5) is 24.9. The standard InChI is InChI=1S/C15H28N2O4/c1-11(2)9-12(13(18)19)10-16-14(20)17-7-4-5-15(3,21)6-8-17/h11-12,21H,4-10H2,1-3H3,(H,16,20)(H,18,19). The Balaban J connectivity index is 2.46. The zero-order valence-electron chi connectivity index (χ0n) is 13.3. The highest BCUT2D eigenvalue weighted by Gasteiger charge is 2.27. The van der Waals surface area contributed by atoms with Gasteiger partial charge in [0, 0.05) is 19.6 Å². The van der Waals surface area contributed by atoms with Crippen molar-refractivity contribution >= 4 is 12.0 Å². The number of hydrogen-bond donors (Lipinski definition) is 3. The van der Waals surface area contributed by atoms with Crippen molar-refractivity contribution in [1.29, 1.82) is 0 Å². The van der Waals surface area contributed by atoms with Crippen LogP contribution in [0.1, 0.15) is 46.5 Å². The molecule has 1 rings (SSSR count). The van der Waals surface area contributed by atoms with Gasteiger partial charge in [0.05, 0.1) is 11.5 Å². The lowest BCUT2D eigenvalue weighted by atomic mass is 9.97. The van der Waals surface area contributed by atoms with E-state index >= 15 is 0 Å². The quantitative estimate of drug-likeness (QED) is 0.720. The van der Waals surface area contributed by atoms with E-state index < -0.39 is 17.5 Å². The van der Waals surface area contributed by atoms with Crippen LogP contribution in [0.3, 0.4) is 0 Å². The molecular weight excluding hydrogens is 272 g/mol. The molecule has 122 valence electrons. The number of aliphatic carboxylic acids is 1. The predicted octanol–water partition coefficient (Wildman–Crippen LogP) is 1.68. The first-order valence-electron chi connectivity index (χ1n) is 7.69. The Hall–Kier alpha value is -1.30. The summed E-state index contributed by atoms with van der Waals surface area (Å²) in [6.07, 6.45) is 2.54. The van der Waals surface area contributed by atoms with Gasteiger partial charge in [0.1, 0.15) is 0 Å². The Morgan fingerprint density at radius 2 is 1.95 bits per heavy atom. The Morgan fingerprint density at radius 1 is 1.29 bits per heavy atom. The van der Waals surface area contributed by atoms with Crippen LogP contribution in [0.25, 0.3) is 0 Å². The van der Waals surface area contributed by atoms with E-state index in [2.05, 4.69) is 5.32 Å². The molecule has 2 atom stereocenters. The number of hydrogen-bond acceptors (Lipinski definition) is 3. The predicted molar refractivity (Wildman–Crippen MR) is 80.0 cm³/mol. The third-order valence-corrected chi connectivity index (χ3v) is 3.96. The van der Waals surface area contributed by atoms with Crippen LogP contribution in [0.2, 0.25) is 0 Å². The van der Waals surface area contributed by atoms with Gasteiger partial charge in [-0.25, -0.2) is 4.79 Å². The molecule has 0 spiro atoms. The number of carboxylic acid groups (broad SMARTS) is 1. The molecule has 1 fully saturated rings. The minimum absolute atomic E-state index is 0.152. The minimum atomic E-state index is -0.872. The van der Waals surface area contributed by atoms with Crippen molar-refractivity contribution in [1.82, 2.24) is 10.2 Å². The molecular formula is C15H28N2O4. The summed E-state index contributed by atoms with van der Waals surface area (Å²) in [6.45, 7) is 6.98. The van der Waals surface area contributed by atoms with E-state index in [1.807, 2.05) is 13.8 Å². The molecule has 0 aromatic carbocycles. The average molecular weight is 300 g/mol. The SMILES string of the molecule is CC(C)CC(CNC(=O)N1CCCC(C)(O)CC1)C(=O)O. The molecule has 2 amide bonds. The molecule has 2 unspecified atom stereocenters. The topological polar surface area (TPSA) is 89.9 Å². The third kappa shape index (κ3) is 6.33. The Labute approximate surface area is 126 Å². The van der Waals surface area contributed by atoms with Gasteiger partial charge >= 0.3 is 12.0 Å². The van der Waals surface area contributed by atoms with E-state index in [9.17, 15) is 14.7 Å². The molecule has 1 aliphatic rings. The first kappa shape index (κ1) is 17.8. The summed E-state index contributed by atoms with van der Waals surface area (Å²) >= 11 is 0. The van der Waals surface area contributed by atoms with Gasteiger partial charge in [-0.3, -0.25) is 4.79 Å². The number of aliphatic hydroxyl groups is 1. The molecule has 0 aliphatic carbocycles. The maximum absolute atomic E-state index is 12.1. The van der Waals surface area contributed by atoms with Gasteiger partial charge in [-0.2, -0.15) is 0 Å². The van der Waals surface area contributed by atoms with E-state index in [0.717, 1.165) is 6.42 Å². The number of carbonyl (C=O) groups is 2. The maximum atomic E-state index is 12.1. The van der Waals surface area contributed by atoms with Crippen LogP contribution < -0.4 is 5.32 Å². The van der Waals surface area contributed by atoms with Crippen LogP contribution in [0, 0.1) is 11.8 Å². The fourth-order valence-corrected chi connectivity index (χ4v) is 2.63. The highest BCUT2D eigenvalue weighted by Crippen LogP contribution is 2.21. The van der Waals surface area contributed by atoms with Gasteiger partial charge in [-0.05, 0) is 38.5 Å². The van der Waals surface area contributed by atoms with Crippen LogP contribution in [-0.2, 0) is 4.79 Å². The zero-order valence-corrected chi connectivity index (χ0v) is 13.3. The molecule has 3 N–H and O–H groups in total. The Bertz CT molecular complexity index is 369. The van der Waals surface area contributed by atoms with Gasteiger partial charge in [-0.1, -0.05) is 13.8 Å². The van der Waals surface area contributed by atoms with Crippen molar-refractivity contribution < 1.29 is 19.8 Å². The normalized spacial score (nSPS) is 24.5. The molecule has 6 heteroatoms. The van der Waals surface area contributed by atoms with Crippen LogP contribution in [0.4, 0.5) is 4.79 Å². The summed E-state index contributed by atoms with van der Waals surface area (Å²) in [7, 11) is 0. The summed E-state index contributed by atoms with van der Waals surface area (Å²) < 4.78 is 0. The van der Waals surface area contributed by atoms with Gasteiger partial charge in [-0.15, -0.1) is 0 Å². The molecule has 21 heavy (non-hydrogen) atoms. The molecule has 0 radical (unpaired) electrons. The van der Waals surface area contributed by atoms with Crippen LogP contribution in [0.5, 0.6) is 0 Å². The molecule has 1 aliphatic heterocycles. The van der Waals surface area contributed by atoms with Crippen LogP contribution >= 0.6 is 0 Å². The first-order valence-corrected chi connectivity index (χ1v) is 7.69. The number of carbonyl (C=O) groups excluding carboxylic acids is 1. The van der Waals surface area contributed by atoms with E-state index in [-0.39, 0.29) is 18.5 Å². The highest BCUT2D eigenvalue weighted by atomic mass is 16.4. The fourth-order valence-electron chi connectivity index (χ4n) is 2.63. The van der Waals surface area contributed by atoms with Crippen molar-refractivity contribution in [3.05, 3.63) is 0 Å². The second-order valence-corrected chi connectivity index (χ2v) is 6.69. The molecule has 6 nitrogen and oxygen atoms in total. The molecule has 0 aromatic heterocycles. The fraction of sp³-hybridized carbons (Fsp3) is 0.867. The maximum Gasteiger partial charge on any atom is 0.317 e. The zero-order chi connectivity index (χ0) is 16.0. The number of nitrogens with one attached hydrogen (secondary N) is 1. The lowest BCUT2D eigenvalue weighted by Crippen LogP contribution is -2.44. The second kappa shape index (κ2) is 7.64. The third-order valence-electron chi connectivity index (χ3n) is 3.96. The first-order chi connectivity index (χ1) is 9.71. The van der Waals surface area contributed by atoms with Crippen molar-refractivity contribution in [3.63, 3.8) is 0 Å². The lowest BCUT2D eigenvalue weighted by molar-refractivity contribution is -0.142. The molecule has 0 aromatic rings. The minimum Gasteiger partial charge on any atom is -0.481 e. The largest absolute Gasteiger partial charge is 0.481 e. The molecule has 1 heterocycles. The lowest BCUT2D eigenvalue weighted by Gasteiger charge is -2.24. The summed E-state index contributed by atoms with van der Waals surface area (Å²) in [6, 6.07) is -0.234. The number of likely N-dealkylation sites (tertiary alicyclic amines) is 1. The van der Waals surface area contributed by atoms with E-state index in [4.69, 9.17) is 5.11 Å². The monoisotopic (exact) mass is 300 g/mol. The van der Waals surface area contributed by atoms with Crippen molar-refractivity contribution in [3.8, 4) is 0 Å². The number of urea groups is 1. The van der Waals surface area contributed by atoms with Crippen molar-refractivity contribution in [2.75, 3.05) is 19.6 Å².